The first-order valence-corrected chi connectivity index (χ1v) is 9.90. The maximum atomic E-state index is 12.9. The maximum absolute atomic E-state index is 12.9. The Morgan fingerprint density at radius 3 is 2.48 bits per heavy atom. The number of benzene rings is 1. The van der Waals surface area contributed by atoms with Gasteiger partial charge in [0.15, 0.2) is 11.5 Å². The number of rotatable bonds is 9. The Kier molecular flexibility index (Phi) is 7.96. The van der Waals surface area contributed by atoms with Crippen LogP contribution in [-0.4, -0.2) is 25.8 Å². The van der Waals surface area contributed by atoms with Crippen molar-refractivity contribution < 1.29 is 23.7 Å². The van der Waals surface area contributed by atoms with Crippen molar-refractivity contribution >= 4 is 5.97 Å². The highest BCUT2D eigenvalue weighted by Crippen LogP contribution is 2.46. The summed E-state index contributed by atoms with van der Waals surface area (Å²) in [6, 6.07) is 7.49. The van der Waals surface area contributed by atoms with Crippen molar-refractivity contribution in [1.82, 2.24) is 0 Å². The van der Waals surface area contributed by atoms with Crippen LogP contribution in [0.25, 0.3) is 0 Å². The highest BCUT2D eigenvalue weighted by atomic mass is 16.5. The predicted molar refractivity (Wildman–Crippen MR) is 108 cm³/mol. The van der Waals surface area contributed by atoms with Crippen molar-refractivity contribution in [3.8, 4) is 17.6 Å². The van der Waals surface area contributed by atoms with Gasteiger partial charge in [-0.3, -0.25) is 0 Å². The lowest BCUT2D eigenvalue weighted by Gasteiger charge is -2.29. The number of hydrogen-bond donors (Lipinski definition) is 1. The number of nitrogens with zero attached hydrogens (tertiary/aromatic N) is 1. The number of nitrogens with two attached hydrogens (primary N) is 1. The standard InChI is InChI=1S/C22H28N2O5/c1-5-10-16-19(22(25)28-8-4)18(15(13-23)21(24)29-16)14-11-9-12-17(26-6-2)20(14)27-7-3/h9,11-12,18H,5-8,10,24H2,1-4H3. The second kappa shape index (κ2) is 10.4. The summed E-state index contributed by atoms with van der Waals surface area (Å²) in [6.07, 6.45) is 1.22. The van der Waals surface area contributed by atoms with Crippen molar-refractivity contribution in [2.24, 2.45) is 5.73 Å². The number of hydrogen-bond acceptors (Lipinski definition) is 7. The molecule has 7 nitrogen and oxygen atoms in total. The van der Waals surface area contributed by atoms with Crippen LogP contribution in [-0.2, 0) is 14.3 Å². The van der Waals surface area contributed by atoms with E-state index in [-0.39, 0.29) is 23.6 Å². The molecule has 1 aliphatic rings. The lowest BCUT2D eigenvalue weighted by Crippen LogP contribution is -2.26. The molecule has 156 valence electrons. The molecule has 1 atom stereocenters. The SMILES string of the molecule is CCCC1=C(C(=O)OCC)C(c2cccc(OCC)c2OCC)C(C#N)=C(N)O1. The van der Waals surface area contributed by atoms with Gasteiger partial charge in [0.2, 0.25) is 5.88 Å². The van der Waals surface area contributed by atoms with Crippen LogP contribution in [0.4, 0.5) is 0 Å². The van der Waals surface area contributed by atoms with Crippen LogP contribution >= 0.6 is 0 Å². The van der Waals surface area contributed by atoms with E-state index < -0.39 is 11.9 Å². The molecule has 29 heavy (non-hydrogen) atoms. The van der Waals surface area contributed by atoms with Gasteiger partial charge in [-0.15, -0.1) is 0 Å². The lowest BCUT2D eigenvalue weighted by atomic mass is 9.81. The zero-order valence-electron chi connectivity index (χ0n) is 17.4. The molecule has 1 aromatic rings. The van der Waals surface area contributed by atoms with Crippen LogP contribution in [0, 0.1) is 11.3 Å². The first-order valence-electron chi connectivity index (χ1n) is 9.90. The minimum absolute atomic E-state index is 0.0155. The fraction of sp³-hybridized carbons (Fsp3) is 0.455. The summed E-state index contributed by atoms with van der Waals surface area (Å²) in [6.45, 7) is 8.47. The molecule has 0 aliphatic carbocycles. The van der Waals surface area contributed by atoms with Crippen LogP contribution in [0.2, 0.25) is 0 Å². The maximum Gasteiger partial charge on any atom is 0.338 e. The number of carbonyl (C=O) groups excluding carboxylic acids is 1. The quantitative estimate of drug-likeness (QED) is 0.627. The highest BCUT2D eigenvalue weighted by molar-refractivity contribution is 5.93. The number of allylic oxidation sites excluding steroid dienone is 2. The largest absolute Gasteiger partial charge is 0.490 e. The van der Waals surface area contributed by atoms with Gasteiger partial charge < -0.3 is 24.7 Å². The molecule has 0 spiro atoms. The second-order valence-electron chi connectivity index (χ2n) is 6.27. The van der Waals surface area contributed by atoms with E-state index in [9.17, 15) is 10.1 Å². The zero-order valence-corrected chi connectivity index (χ0v) is 17.4. The van der Waals surface area contributed by atoms with Crippen LogP contribution < -0.4 is 15.2 Å². The zero-order chi connectivity index (χ0) is 21.4. The van der Waals surface area contributed by atoms with Gasteiger partial charge in [0.25, 0.3) is 0 Å². The summed E-state index contributed by atoms with van der Waals surface area (Å²) >= 11 is 0. The molecule has 0 bridgehead atoms. The van der Waals surface area contributed by atoms with Gasteiger partial charge in [0.05, 0.1) is 31.3 Å². The van der Waals surface area contributed by atoms with E-state index >= 15 is 0 Å². The van der Waals surface area contributed by atoms with Gasteiger partial charge in [-0.2, -0.15) is 5.26 Å². The van der Waals surface area contributed by atoms with Crippen LogP contribution in [0.15, 0.2) is 41.0 Å². The Bertz CT molecular complexity index is 851. The van der Waals surface area contributed by atoms with E-state index in [0.29, 0.717) is 42.5 Å². The average molecular weight is 400 g/mol. The van der Waals surface area contributed by atoms with E-state index in [4.69, 9.17) is 24.7 Å². The molecule has 0 saturated carbocycles. The third-order valence-corrected chi connectivity index (χ3v) is 4.38. The van der Waals surface area contributed by atoms with E-state index in [1.807, 2.05) is 20.8 Å². The molecule has 1 unspecified atom stereocenters. The van der Waals surface area contributed by atoms with Crippen LogP contribution in [0.3, 0.4) is 0 Å². The molecule has 1 aromatic carbocycles. The molecular formula is C22H28N2O5. The monoisotopic (exact) mass is 400 g/mol. The molecular weight excluding hydrogens is 372 g/mol. The molecule has 0 amide bonds. The molecule has 2 rings (SSSR count). The third kappa shape index (κ3) is 4.65. The smallest absolute Gasteiger partial charge is 0.338 e. The van der Waals surface area contributed by atoms with E-state index in [1.54, 1.807) is 25.1 Å². The van der Waals surface area contributed by atoms with Gasteiger partial charge in [0.1, 0.15) is 17.4 Å². The number of para-hydroxylation sites is 1. The second-order valence-corrected chi connectivity index (χ2v) is 6.27. The van der Waals surface area contributed by atoms with E-state index in [1.165, 1.54) is 0 Å². The van der Waals surface area contributed by atoms with Gasteiger partial charge in [-0.05, 0) is 33.3 Å². The molecule has 2 N–H and O–H groups in total. The van der Waals surface area contributed by atoms with Gasteiger partial charge in [-0.1, -0.05) is 19.1 Å². The third-order valence-electron chi connectivity index (χ3n) is 4.38. The number of esters is 1. The normalized spacial score (nSPS) is 16.2. The Balaban J connectivity index is 2.78. The molecule has 1 aliphatic heterocycles. The van der Waals surface area contributed by atoms with Crippen molar-refractivity contribution in [3.63, 3.8) is 0 Å². The summed E-state index contributed by atoms with van der Waals surface area (Å²) in [5.74, 6) is 0.105. The van der Waals surface area contributed by atoms with Crippen molar-refractivity contribution in [3.05, 3.63) is 46.6 Å². The van der Waals surface area contributed by atoms with Gasteiger partial charge in [-0.25, -0.2) is 4.79 Å². The Morgan fingerprint density at radius 1 is 1.17 bits per heavy atom. The summed E-state index contributed by atoms with van der Waals surface area (Å²) in [5, 5.41) is 9.82. The van der Waals surface area contributed by atoms with E-state index in [0.717, 1.165) is 6.42 Å². The average Bonchev–Trinajstić information content (AvgIpc) is 2.69. The van der Waals surface area contributed by atoms with Crippen molar-refractivity contribution in [2.45, 2.75) is 46.5 Å². The molecule has 0 fully saturated rings. The Labute approximate surface area is 171 Å². The fourth-order valence-electron chi connectivity index (χ4n) is 3.30. The first kappa shape index (κ1) is 22.2. The molecule has 0 saturated heterocycles. The highest BCUT2D eigenvalue weighted by Gasteiger charge is 2.39. The summed E-state index contributed by atoms with van der Waals surface area (Å²) in [5.41, 5.74) is 7.09. The summed E-state index contributed by atoms with van der Waals surface area (Å²) < 4.78 is 22.6. The van der Waals surface area contributed by atoms with Gasteiger partial charge in [0, 0.05) is 12.0 Å². The van der Waals surface area contributed by atoms with Crippen LogP contribution in [0.1, 0.15) is 52.0 Å². The minimum atomic E-state index is -0.767. The molecule has 0 radical (unpaired) electrons. The topological polar surface area (TPSA) is 104 Å². The molecule has 7 heteroatoms. The fourth-order valence-corrected chi connectivity index (χ4v) is 3.30. The minimum Gasteiger partial charge on any atom is -0.490 e. The van der Waals surface area contributed by atoms with Gasteiger partial charge >= 0.3 is 5.97 Å². The predicted octanol–water partition coefficient (Wildman–Crippen LogP) is 3.91. The Hall–Kier alpha value is -3.14. The first-order chi connectivity index (χ1) is 14.0. The molecule has 0 aromatic heterocycles. The lowest BCUT2D eigenvalue weighted by molar-refractivity contribution is -0.139. The number of nitriles is 1. The molecule has 1 heterocycles. The van der Waals surface area contributed by atoms with Crippen molar-refractivity contribution in [2.75, 3.05) is 19.8 Å². The summed E-state index contributed by atoms with van der Waals surface area (Å²) in [4.78, 5) is 12.9. The summed E-state index contributed by atoms with van der Waals surface area (Å²) in [7, 11) is 0. The Morgan fingerprint density at radius 2 is 1.90 bits per heavy atom. The van der Waals surface area contributed by atoms with Crippen LogP contribution in [0.5, 0.6) is 11.5 Å². The van der Waals surface area contributed by atoms with E-state index in [2.05, 4.69) is 6.07 Å². The number of ether oxygens (including phenoxy) is 4. The van der Waals surface area contributed by atoms with Crippen molar-refractivity contribution in [1.29, 1.82) is 5.26 Å². The number of carbonyl (C=O) groups is 1.